The van der Waals surface area contributed by atoms with Crippen LogP contribution in [0.15, 0.2) is 72.8 Å². The number of benzene rings is 3. The minimum atomic E-state index is -0.253. The Labute approximate surface area is 134 Å². The first-order valence-corrected chi connectivity index (χ1v) is 7.36. The van der Waals surface area contributed by atoms with Crippen LogP contribution in [0.5, 0.6) is 0 Å². The van der Waals surface area contributed by atoms with Crippen LogP contribution in [-0.2, 0) is 0 Å². The van der Waals surface area contributed by atoms with Gasteiger partial charge in [0.25, 0.3) is 0 Å². The summed E-state index contributed by atoms with van der Waals surface area (Å²) in [6, 6.07) is 21.7. The highest BCUT2D eigenvalue weighted by Crippen LogP contribution is 2.24. The third kappa shape index (κ3) is 3.64. The molecule has 0 atom stereocenters. The van der Waals surface area contributed by atoms with Gasteiger partial charge >= 0.3 is 0 Å². The van der Waals surface area contributed by atoms with Crippen molar-refractivity contribution in [2.24, 2.45) is 0 Å². The number of Topliss-reactive ketones (excluding diaryl/α,β-unsaturated/α-hetero) is 1. The molecule has 114 valence electrons. The molecule has 3 aromatic carbocycles. The van der Waals surface area contributed by atoms with E-state index in [1.807, 2.05) is 48.5 Å². The lowest BCUT2D eigenvalue weighted by molar-refractivity contribution is 0.101. The van der Waals surface area contributed by atoms with Crippen molar-refractivity contribution in [3.05, 3.63) is 84.2 Å². The molecule has 0 aliphatic heterocycles. The molecule has 3 heteroatoms. The zero-order valence-corrected chi connectivity index (χ0v) is 12.7. The second-order valence-electron chi connectivity index (χ2n) is 5.35. The highest BCUT2D eigenvalue weighted by molar-refractivity contribution is 5.95. The van der Waals surface area contributed by atoms with Crippen molar-refractivity contribution in [1.82, 2.24) is 0 Å². The van der Waals surface area contributed by atoms with Crippen molar-refractivity contribution >= 4 is 17.2 Å². The zero-order valence-electron chi connectivity index (χ0n) is 12.7. The van der Waals surface area contributed by atoms with Crippen molar-refractivity contribution < 1.29 is 9.18 Å². The Balaban J connectivity index is 1.80. The fourth-order valence-electron chi connectivity index (χ4n) is 2.36. The number of hydrogen-bond acceptors (Lipinski definition) is 2. The number of ketones is 1. The lowest BCUT2D eigenvalue weighted by Crippen LogP contribution is -1.92. The molecule has 0 saturated heterocycles. The lowest BCUT2D eigenvalue weighted by atomic mass is 10.0. The molecule has 0 aromatic heterocycles. The molecule has 0 amide bonds. The topological polar surface area (TPSA) is 29.1 Å². The second-order valence-corrected chi connectivity index (χ2v) is 5.35. The van der Waals surface area contributed by atoms with Crippen LogP contribution in [-0.4, -0.2) is 5.78 Å². The lowest BCUT2D eigenvalue weighted by Gasteiger charge is -2.08. The quantitative estimate of drug-likeness (QED) is 0.650. The van der Waals surface area contributed by atoms with E-state index in [1.54, 1.807) is 19.1 Å². The van der Waals surface area contributed by atoms with Gasteiger partial charge in [0.1, 0.15) is 5.82 Å². The first kappa shape index (κ1) is 15.0. The van der Waals surface area contributed by atoms with Crippen molar-refractivity contribution in [2.75, 3.05) is 5.32 Å². The fraction of sp³-hybridized carbons (Fsp3) is 0.0500. The van der Waals surface area contributed by atoms with E-state index in [9.17, 15) is 9.18 Å². The van der Waals surface area contributed by atoms with Crippen LogP contribution in [0.2, 0.25) is 0 Å². The summed E-state index contributed by atoms with van der Waals surface area (Å²) in [6.45, 7) is 1.56. The maximum Gasteiger partial charge on any atom is 0.159 e. The molecule has 0 spiro atoms. The van der Waals surface area contributed by atoms with E-state index in [1.165, 1.54) is 12.1 Å². The highest BCUT2D eigenvalue weighted by atomic mass is 19.1. The summed E-state index contributed by atoms with van der Waals surface area (Å²) in [5, 5.41) is 3.22. The molecule has 3 aromatic rings. The predicted molar refractivity (Wildman–Crippen MR) is 91.6 cm³/mol. The minimum absolute atomic E-state index is 0.0569. The molecule has 0 aliphatic carbocycles. The van der Waals surface area contributed by atoms with Gasteiger partial charge in [0.05, 0.1) is 0 Å². The van der Waals surface area contributed by atoms with E-state index in [4.69, 9.17) is 0 Å². The first-order valence-electron chi connectivity index (χ1n) is 7.36. The highest BCUT2D eigenvalue weighted by Gasteiger charge is 2.03. The van der Waals surface area contributed by atoms with Gasteiger partial charge in [0, 0.05) is 16.9 Å². The monoisotopic (exact) mass is 305 g/mol. The smallest absolute Gasteiger partial charge is 0.159 e. The van der Waals surface area contributed by atoms with E-state index >= 15 is 0 Å². The first-order chi connectivity index (χ1) is 11.1. The summed E-state index contributed by atoms with van der Waals surface area (Å²) in [4.78, 5) is 11.5. The van der Waals surface area contributed by atoms with Crippen LogP contribution >= 0.6 is 0 Å². The largest absolute Gasteiger partial charge is 0.356 e. The van der Waals surface area contributed by atoms with Gasteiger partial charge < -0.3 is 5.32 Å². The SMILES string of the molecule is CC(=O)c1cccc(-c2ccc(Nc3ccc(F)cc3)cc2)c1. The molecule has 0 unspecified atom stereocenters. The number of hydrogen-bond donors (Lipinski definition) is 1. The van der Waals surface area contributed by atoms with Crippen LogP contribution in [0.1, 0.15) is 17.3 Å². The summed E-state index contributed by atoms with van der Waals surface area (Å²) in [5.41, 5.74) is 4.50. The van der Waals surface area contributed by atoms with Crippen molar-refractivity contribution in [2.45, 2.75) is 6.92 Å². The third-order valence-corrected chi connectivity index (χ3v) is 3.62. The Hall–Kier alpha value is -2.94. The van der Waals surface area contributed by atoms with E-state index in [2.05, 4.69) is 5.32 Å². The molecule has 0 fully saturated rings. The summed E-state index contributed by atoms with van der Waals surface area (Å²) in [6.07, 6.45) is 0. The Morgan fingerprint density at radius 1 is 0.826 bits per heavy atom. The van der Waals surface area contributed by atoms with Gasteiger partial charge in [-0.1, -0.05) is 30.3 Å². The number of carbonyl (C=O) groups is 1. The maximum atomic E-state index is 12.9. The normalized spacial score (nSPS) is 10.3. The molecule has 0 bridgehead atoms. The number of halogens is 1. The Morgan fingerprint density at radius 3 is 2.04 bits per heavy atom. The summed E-state index contributed by atoms with van der Waals surface area (Å²) >= 11 is 0. The van der Waals surface area contributed by atoms with E-state index in [0.29, 0.717) is 5.56 Å². The number of anilines is 2. The van der Waals surface area contributed by atoms with E-state index in [-0.39, 0.29) is 11.6 Å². The van der Waals surface area contributed by atoms with Crippen LogP contribution in [0.3, 0.4) is 0 Å². The van der Waals surface area contributed by atoms with Crippen molar-refractivity contribution in [3.63, 3.8) is 0 Å². The molecule has 3 rings (SSSR count). The molecule has 1 N–H and O–H groups in total. The number of carbonyl (C=O) groups excluding carboxylic acids is 1. The maximum absolute atomic E-state index is 12.9. The Morgan fingerprint density at radius 2 is 1.43 bits per heavy atom. The number of rotatable bonds is 4. The van der Waals surface area contributed by atoms with Gasteiger partial charge in [0.2, 0.25) is 0 Å². The van der Waals surface area contributed by atoms with Crippen LogP contribution in [0.4, 0.5) is 15.8 Å². The van der Waals surface area contributed by atoms with Gasteiger partial charge in [-0.3, -0.25) is 4.79 Å². The summed E-state index contributed by atoms with van der Waals surface area (Å²) in [5.74, 6) is -0.197. The zero-order chi connectivity index (χ0) is 16.2. The molecule has 23 heavy (non-hydrogen) atoms. The Kier molecular flexibility index (Phi) is 4.20. The van der Waals surface area contributed by atoms with Gasteiger partial charge in [-0.2, -0.15) is 0 Å². The van der Waals surface area contributed by atoms with Crippen LogP contribution < -0.4 is 5.32 Å². The predicted octanol–water partition coefficient (Wildman–Crippen LogP) is 5.44. The molecular weight excluding hydrogens is 289 g/mol. The fourth-order valence-corrected chi connectivity index (χ4v) is 2.36. The van der Waals surface area contributed by atoms with Gasteiger partial charge in [-0.05, 0) is 60.5 Å². The molecule has 0 saturated carbocycles. The van der Waals surface area contributed by atoms with Gasteiger partial charge in [-0.15, -0.1) is 0 Å². The molecule has 0 heterocycles. The average molecular weight is 305 g/mol. The third-order valence-electron chi connectivity index (χ3n) is 3.62. The van der Waals surface area contributed by atoms with Crippen molar-refractivity contribution in [3.8, 4) is 11.1 Å². The van der Waals surface area contributed by atoms with Gasteiger partial charge in [0.15, 0.2) is 5.78 Å². The molecule has 2 nitrogen and oxygen atoms in total. The van der Waals surface area contributed by atoms with Crippen molar-refractivity contribution in [1.29, 1.82) is 0 Å². The average Bonchev–Trinajstić information content (AvgIpc) is 2.58. The standard InChI is InChI=1S/C20H16FNO/c1-14(23)16-3-2-4-17(13-16)15-5-9-19(10-6-15)22-20-11-7-18(21)8-12-20/h2-13,22H,1H3. The van der Waals surface area contributed by atoms with Gasteiger partial charge in [-0.25, -0.2) is 4.39 Å². The summed E-state index contributed by atoms with van der Waals surface area (Å²) in [7, 11) is 0. The van der Waals surface area contributed by atoms with E-state index in [0.717, 1.165) is 22.5 Å². The molecular formula is C20H16FNO. The summed E-state index contributed by atoms with van der Waals surface area (Å²) < 4.78 is 12.9. The Bertz CT molecular complexity index is 823. The molecule has 0 aliphatic rings. The van der Waals surface area contributed by atoms with E-state index < -0.39 is 0 Å². The minimum Gasteiger partial charge on any atom is -0.356 e. The molecule has 0 radical (unpaired) electrons. The van der Waals surface area contributed by atoms with Crippen LogP contribution in [0.25, 0.3) is 11.1 Å². The second kappa shape index (κ2) is 6.44. The van der Waals surface area contributed by atoms with Crippen LogP contribution in [0, 0.1) is 5.82 Å². The number of nitrogens with one attached hydrogen (secondary N) is 1.